The molecule has 0 fully saturated rings. The number of hydrogen-bond acceptors (Lipinski definition) is 6. The minimum Gasteiger partial charge on any atom is -0.421 e. The highest BCUT2D eigenvalue weighted by Crippen LogP contribution is 2.17. The first-order valence-electron chi connectivity index (χ1n) is 6.56. The fourth-order valence-electron chi connectivity index (χ4n) is 1.83. The first kappa shape index (κ1) is 14.9. The fraction of sp³-hybridized carbons (Fsp3) is 0.143. The van der Waals surface area contributed by atoms with Gasteiger partial charge in [-0.05, 0) is 23.6 Å². The van der Waals surface area contributed by atoms with E-state index in [1.54, 1.807) is 17.5 Å². The molecule has 0 unspecified atom stereocenters. The van der Waals surface area contributed by atoms with E-state index in [1.165, 1.54) is 11.3 Å². The molecule has 2 aromatic heterocycles. The predicted molar refractivity (Wildman–Crippen MR) is 82.9 cm³/mol. The summed E-state index contributed by atoms with van der Waals surface area (Å²) in [6.07, 6.45) is 0.338. The monoisotopic (exact) mass is 335 g/mol. The van der Waals surface area contributed by atoms with E-state index in [0.29, 0.717) is 22.4 Å². The molecule has 114 valence electrons. The van der Waals surface area contributed by atoms with E-state index in [1.807, 2.05) is 30.3 Å². The Morgan fingerprint density at radius 3 is 2.64 bits per heavy atom. The lowest BCUT2D eigenvalue weighted by Crippen LogP contribution is -2.25. The summed E-state index contributed by atoms with van der Waals surface area (Å²) in [5.74, 6) is 0.824. The Bertz CT molecular complexity index is 827. The summed E-state index contributed by atoms with van der Waals surface area (Å²) in [7, 11) is -3.45. The lowest BCUT2D eigenvalue weighted by Gasteiger charge is -2.02. The van der Waals surface area contributed by atoms with Crippen molar-refractivity contribution in [3.05, 3.63) is 53.7 Å². The predicted octanol–water partition coefficient (Wildman–Crippen LogP) is 2.32. The van der Waals surface area contributed by atoms with E-state index in [-0.39, 0.29) is 6.54 Å². The van der Waals surface area contributed by atoms with E-state index >= 15 is 0 Å². The number of aromatic nitrogens is 2. The smallest absolute Gasteiger partial charge is 0.250 e. The van der Waals surface area contributed by atoms with Crippen molar-refractivity contribution < 1.29 is 12.8 Å². The van der Waals surface area contributed by atoms with Crippen LogP contribution < -0.4 is 4.72 Å². The van der Waals surface area contributed by atoms with Crippen molar-refractivity contribution in [3.63, 3.8) is 0 Å². The van der Waals surface area contributed by atoms with Crippen LogP contribution in [-0.4, -0.2) is 25.2 Å². The fourth-order valence-corrected chi connectivity index (χ4v) is 3.90. The zero-order valence-corrected chi connectivity index (χ0v) is 13.1. The zero-order valence-electron chi connectivity index (χ0n) is 11.5. The third kappa shape index (κ3) is 3.41. The van der Waals surface area contributed by atoms with Crippen molar-refractivity contribution in [2.45, 2.75) is 10.6 Å². The van der Waals surface area contributed by atoms with Gasteiger partial charge in [-0.1, -0.05) is 24.3 Å². The molecule has 2 heterocycles. The molecule has 8 heteroatoms. The Morgan fingerprint density at radius 2 is 1.91 bits per heavy atom. The number of sulfonamides is 1. The molecule has 0 amide bonds. The molecule has 6 nitrogen and oxygen atoms in total. The van der Waals surface area contributed by atoms with Crippen LogP contribution >= 0.6 is 11.3 Å². The number of nitrogens with zero attached hydrogens (tertiary/aromatic N) is 2. The van der Waals surface area contributed by atoms with Gasteiger partial charge in [-0.15, -0.1) is 21.5 Å². The average Bonchev–Trinajstić information content (AvgIpc) is 3.20. The Hall–Kier alpha value is -2.03. The van der Waals surface area contributed by atoms with Crippen LogP contribution in [0.1, 0.15) is 5.89 Å². The van der Waals surface area contributed by atoms with Gasteiger partial charge in [-0.3, -0.25) is 0 Å². The number of nitrogens with one attached hydrogen (secondary N) is 1. The molecular weight excluding hydrogens is 322 g/mol. The summed E-state index contributed by atoms with van der Waals surface area (Å²) in [6, 6.07) is 12.7. The van der Waals surface area contributed by atoms with Gasteiger partial charge in [0.1, 0.15) is 4.21 Å². The molecule has 0 aliphatic heterocycles. The second-order valence-electron chi connectivity index (χ2n) is 4.45. The molecule has 3 rings (SSSR count). The van der Waals surface area contributed by atoms with Crippen LogP contribution in [0.4, 0.5) is 0 Å². The van der Waals surface area contributed by atoms with E-state index in [0.717, 1.165) is 5.56 Å². The summed E-state index contributed by atoms with van der Waals surface area (Å²) in [5, 5.41) is 9.61. The van der Waals surface area contributed by atoms with Crippen molar-refractivity contribution in [2.24, 2.45) is 0 Å². The first-order chi connectivity index (χ1) is 10.6. The number of hydrogen-bond donors (Lipinski definition) is 1. The van der Waals surface area contributed by atoms with Crippen molar-refractivity contribution in [2.75, 3.05) is 6.54 Å². The Labute approximate surface area is 131 Å². The third-order valence-electron chi connectivity index (χ3n) is 2.88. The van der Waals surface area contributed by atoms with Crippen LogP contribution in [0.2, 0.25) is 0 Å². The standard InChI is InChI=1S/C14H13N3O3S2/c18-22(19,13-7-4-10-21-13)15-9-8-12-16-17-14(20-12)11-5-2-1-3-6-11/h1-7,10,15H,8-9H2. The zero-order chi connectivity index (χ0) is 15.4. The normalized spacial score (nSPS) is 11.6. The molecule has 0 atom stereocenters. The second kappa shape index (κ2) is 6.39. The minimum atomic E-state index is -3.45. The summed E-state index contributed by atoms with van der Waals surface area (Å²) in [4.78, 5) is 0. The summed E-state index contributed by atoms with van der Waals surface area (Å²) in [5.41, 5.74) is 0.834. The molecule has 1 aromatic carbocycles. The van der Waals surface area contributed by atoms with Crippen molar-refractivity contribution in [1.82, 2.24) is 14.9 Å². The van der Waals surface area contributed by atoms with E-state index in [9.17, 15) is 8.42 Å². The maximum Gasteiger partial charge on any atom is 0.250 e. The van der Waals surface area contributed by atoms with Gasteiger partial charge < -0.3 is 4.42 Å². The quantitative estimate of drug-likeness (QED) is 0.747. The minimum absolute atomic E-state index is 0.205. The van der Waals surface area contributed by atoms with Crippen LogP contribution in [0.3, 0.4) is 0 Å². The second-order valence-corrected chi connectivity index (χ2v) is 7.39. The number of rotatable bonds is 6. The lowest BCUT2D eigenvalue weighted by atomic mass is 10.2. The Morgan fingerprint density at radius 1 is 1.09 bits per heavy atom. The largest absolute Gasteiger partial charge is 0.421 e. The van der Waals surface area contributed by atoms with Gasteiger partial charge in [0.15, 0.2) is 0 Å². The van der Waals surface area contributed by atoms with Crippen LogP contribution in [0.5, 0.6) is 0 Å². The molecule has 0 aliphatic rings. The molecule has 0 aliphatic carbocycles. The van der Waals surface area contributed by atoms with Crippen LogP contribution in [0.25, 0.3) is 11.5 Å². The Kier molecular flexibility index (Phi) is 4.32. The van der Waals surface area contributed by atoms with E-state index < -0.39 is 10.0 Å². The van der Waals surface area contributed by atoms with Crippen LogP contribution in [-0.2, 0) is 16.4 Å². The molecular formula is C14H13N3O3S2. The van der Waals surface area contributed by atoms with Gasteiger partial charge >= 0.3 is 0 Å². The summed E-state index contributed by atoms with van der Waals surface area (Å²) in [6.45, 7) is 0.205. The molecule has 0 spiro atoms. The van der Waals surface area contributed by atoms with Gasteiger partial charge in [0.05, 0.1) is 0 Å². The highest BCUT2D eigenvalue weighted by atomic mass is 32.2. The molecule has 0 bridgehead atoms. The molecule has 3 aromatic rings. The Balaban J connectivity index is 1.60. The van der Waals surface area contributed by atoms with Crippen molar-refractivity contribution in [1.29, 1.82) is 0 Å². The van der Waals surface area contributed by atoms with Gasteiger partial charge in [-0.25, -0.2) is 13.1 Å². The topological polar surface area (TPSA) is 85.1 Å². The van der Waals surface area contributed by atoms with Crippen LogP contribution in [0, 0.1) is 0 Å². The highest BCUT2D eigenvalue weighted by Gasteiger charge is 2.15. The van der Waals surface area contributed by atoms with Crippen LogP contribution in [0.15, 0.2) is 56.5 Å². The van der Waals surface area contributed by atoms with Gasteiger partial charge in [-0.2, -0.15) is 0 Å². The van der Waals surface area contributed by atoms with Gasteiger partial charge in [0, 0.05) is 18.5 Å². The SMILES string of the molecule is O=S(=O)(NCCc1nnc(-c2ccccc2)o1)c1cccs1. The van der Waals surface area contributed by atoms with Crippen molar-refractivity contribution in [3.8, 4) is 11.5 Å². The highest BCUT2D eigenvalue weighted by molar-refractivity contribution is 7.91. The van der Waals surface area contributed by atoms with E-state index in [2.05, 4.69) is 14.9 Å². The third-order valence-corrected chi connectivity index (χ3v) is 5.74. The molecule has 22 heavy (non-hydrogen) atoms. The average molecular weight is 335 g/mol. The maximum absolute atomic E-state index is 11.9. The lowest BCUT2D eigenvalue weighted by molar-refractivity contribution is 0.502. The number of benzene rings is 1. The molecule has 0 saturated heterocycles. The molecule has 0 radical (unpaired) electrons. The van der Waals surface area contributed by atoms with Gasteiger partial charge in [0.25, 0.3) is 0 Å². The van der Waals surface area contributed by atoms with E-state index in [4.69, 9.17) is 4.42 Å². The summed E-state index contributed by atoms with van der Waals surface area (Å²) < 4.78 is 32.2. The maximum atomic E-state index is 11.9. The first-order valence-corrected chi connectivity index (χ1v) is 8.92. The van der Waals surface area contributed by atoms with Crippen molar-refractivity contribution >= 4 is 21.4 Å². The van der Waals surface area contributed by atoms with Gasteiger partial charge in [0.2, 0.25) is 21.8 Å². The number of thiophene rings is 1. The molecule has 1 N–H and O–H groups in total. The summed E-state index contributed by atoms with van der Waals surface area (Å²) >= 11 is 1.18. The molecule has 0 saturated carbocycles.